The maximum atomic E-state index is 11.8. The first kappa shape index (κ1) is 13.9. The second-order valence-corrected chi connectivity index (χ2v) is 5.62. The number of imidazole rings is 1. The number of nitrogens with one attached hydrogen (secondary N) is 2. The van der Waals surface area contributed by atoms with Gasteiger partial charge in [-0.3, -0.25) is 4.79 Å². The molecule has 4 heteroatoms. The molecule has 1 atom stereocenters. The van der Waals surface area contributed by atoms with Gasteiger partial charge in [0.25, 0.3) is 0 Å². The van der Waals surface area contributed by atoms with Crippen molar-refractivity contribution in [3.05, 3.63) is 42.2 Å². The standard InChI is InChI=1S/C17H21N3O/c21-17(12-13-6-1-2-7-13)18-11-5-10-16-19-14-8-3-4-9-15(14)20-16/h1,3-4,6,8-9,13H,2,5,7,10-12H2,(H,18,21)(H,19,20). The molecule has 0 fully saturated rings. The van der Waals surface area contributed by atoms with E-state index in [2.05, 4.69) is 27.4 Å². The number of aromatic nitrogens is 2. The normalized spacial score (nSPS) is 17.4. The Hall–Kier alpha value is -2.10. The van der Waals surface area contributed by atoms with Crippen molar-refractivity contribution in [2.75, 3.05) is 6.54 Å². The van der Waals surface area contributed by atoms with Crippen molar-refractivity contribution in [1.82, 2.24) is 15.3 Å². The minimum atomic E-state index is 0.163. The van der Waals surface area contributed by atoms with Crippen molar-refractivity contribution in [2.45, 2.75) is 32.1 Å². The van der Waals surface area contributed by atoms with Gasteiger partial charge in [0, 0.05) is 19.4 Å². The van der Waals surface area contributed by atoms with Crippen molar-refractivity contribution < 1.29 is 4.79 Å². The fraction of sp³-hybridized carbons (Fsp3) is 0.412. The lowest BCUT2D eigenvalue weighted by atomic mass is 10.1. The first-order valence-corrected chi connectivity index (χ1v) is 7.68. The molecule has 2 N–H and O–H groups in total. The van der Waals surface area contributed by atoms with E-state index in [1.54, 1.807) is 0 Å². The quantitative estimate of drug-likeness (QED) is 0.632. The van der Waals surface area contributed by atoms with Crippen LogP contribution in [-0.2, 0) is 11.2 Å². The maximum Gasteiger partial charge on any atom is 0.220 e. The highest BCUT2D eigenvalue weighted by atomic mass is 16.1. The number of amides is 1. The van der Waals surface area contributed by atoms with Crippen LogP contribution in [0.5, 0.6) is 0 Å². The summed E-state index contributed by atoms with van der Waals surface area (Å²) >= 11 is 0. The number of aromatic amines is 1. The zero-order valence-electron chi connectivity index (χ0n) is 12.1. The van der Waals surface area contributed by atoms with Crippen molar-refractivity contribution in [2.24, 2.45) is 5.92 Å². The predicted molar refractivity (Wildman–Crippen MR) is 83.9 cm³/mol. The molecule has 0 saturated heterocycles. The molecule has 110 valence electrons. The molecule has 1 aliphatic rings. The lowest BCUT2D eigenvalue weighted by Gasteiger charge is -2.08. The molecule has 0 radical (unpaired) electrons. The molecule has 0 saturated carbocycles. The Kier molecular flexibility index (Phi) is 4.34. The molecule has 0 bridgehead atoms. The third kappa shape index (κ3) is 3.72. The van der Waals surface area contributed by atoms with Crippen molar-refractivity contribution in [3.8, 4) is 0 Å². The number of benzene rings is 1. The van der Waals surface area contributed by atoms with Gasteiger partial charge in [0.1, 0.15) is 5.82 Å². The molecule has 1 unspecified atom stereocenters. The molecule has 0 aliphatic heterocycles. The van der Waals surface area contributed by atoms with Crippen LogP contribution in [0.15, 0.2) is 36.4 Å². The summed E-state index contributed by atoms with van der Waals surface area (Å²) in [4.78, 5) is 19.6. The lowest BCUT2D eigenvalue weighted by molar-refractivity contribution is -0.121. The summed E-state index contributed by atoms with van der Waals surface area (Å²) in [5.41, 5.74) is 2.08. The van der Waals surface area contributed by atoms with Crippen molar-refractivity contribution in [1.29, 1.82) is 0 Å². The molecule has 1 heterocycles. The van der Waals surface area contributed by atoms with Gasteiger partial charge in [-0.25, -0.2) is 4.98 Å². The van der Waals surface area contributed by atoms with Gasteiger partial charge in [-0.05, 0) is 37.3 Å². The average molecular weight is 283 g/mol. The van der Waals surface area contributed by atoms with Crippen LogP contribution in [-0.4, -0.2) is 22.4 Å². The van der Waals surface area contributed by atoms with Crippen LogP contribution in [0.4, 0.5) is 0 Å². The summed E-state index contributed by atoms with van der Waals surface area (Å²) in [6.45, 7) is 0.715. The number of rotatable bonds is 6. The molecular weight excluding hydrogens is 262 g/mol. The zero-order valence-corrected chi connectivity index (χ0v) is 12.1. The first-order valence-electron chi connectivity index (χ1n) is 7.68. The Balaban J connectivity index is 1.39. The van der Waals surface area contributed by atoms with Crippen LogP contribution in [0.2, 0.25) is 0 Å². The Morgan fingerprint density at radius 2 is 2.29 bits per heavy atom. The number of aryl methyl sites for hydroxylation is 1. The van der Waals surface area contributed by atoms with Gasteiger partial charge in [0.2, 0.25) is 5.91 Å². The van der Waals surface area contributed by atoms with E-state index in [9.17, 15) is 4.79 Å². The number of fused-ring (bicyclic) bond motifs is 1. The van der Waals surface area contributed by atoms with Crippen LogP contribution in [0.3, 0.4) is 0 Å². The second kappa shape index (κ2) is 6.57. The van der Waals surface area contributed by atoms with Crippen LogP contribution in [0, 0.1) is 5.92 Å². The lowest BCUT2D eigenvalue weighted by Crippen LogP contribution is -2.26. The van der Waals surface area contributed by atoms with Gasteiger partial charge in [-0.2, -0.15) is 0 Å². The first-order chi connectivity index (χ1) is 10.3. The summed E-state index contributed by atoms with van der Waals surface area (Å²) in [6.07, 6.45) is 8.95. The smallest absolute Gasteiger partial charge is 0.220 e. The van der Waals surface area contributed by atoms with E-state index < -0.39 is 0 Å². The molecular formula is C17H21N3O. The summed E-state index contributed by atoms with van der Waals surface area (Å²) in [6, 6.07) is 8.03. The number of H-pyrrole nitrogens is 1. The summed E-state index contributed by atoms with van der Waals surface area (Å²) in [7, 11) is 0. The Bertz CT molecular complexity index is 611. The molecule has 21 heavy (non-hydrogen) atoms. The number of hydrogen-bond donors (Lipinski definition) is 2. The van der Waals surface area contributed by atoms with E-state index in [0.29, 0.717) is 18.9 Å². The topological polar surface area (TPSA) is 57.8 Å². The van der Waals surface area contributed by atoms with E-state index in [1.807, 2.05) is 24.3 Å². The highest BCUT2D eigenvalue weighted by Gasteiger charge is 2.13. The Labute approximate surface area is 124 Å². The summed E-state index contributed by atoms with van der Waals surface area (Å²) < 4.78 is 0. The Morgan fingerprint density at radius 1 is 1.38 bits per heavy atom. The molecule has 3 rings (SSSR count). The van der Waals surface area contributed by atoms with Gasteiger partial charge >= 0.3 is 0 Å². The molecule has 1 aromatic carbocycles. The van der Waals surface area contributed by atoms with Gasteiger partial charge < -0.3 is 10.3 Å². The van der Waals surface area contributed by atoms with Crippen LogP contribution in [0.1, 0.15) is 31.5 Å². The summed E-state index contributed by atoms with van der Waals surface area (Å²) in [5.74, 6) is 1.60. The zero-order chi connectivity index (χ0) is 14.5. The van der Waals surface area contributed by atoms with E-state index in [0.717, 1.165) is 42.5 Å². The second-order valence-electron chi connectivity index (χ2n) is 5.62. The number of hydrogen-bond acceptors (Lipinski definition) is 2. The van der Waals surface area contributed by atoms with Crippen LogP contribution < -0.4 is 5.32 Å². The van der Waals surface area contributed by atoms with E-state index >= 15 is 0 Å². The van der Waals surface area contributed by atoms with Gasteiger partial charge in [-0.15, -0.1) is 0 Å². The number of para-hydroxylation sites is 2. The minimum absolute atomic E-state index is 0.163. The van der Waals surface area contributed by atoms with Crippen molar-refractivity contribution in [3.63, 3.8) is 0 Å². The van der Waals surface area contributed by atoms with E-state index in [4.69, 9.17) is 0 Å². The fourth-order valence-electron chi connectivity index (χ4n) is 2.78. The van der Waals surface area contributed by atoms with Gasteiger partial charge in [0.05, 0.1) is 11.0 Å². The monoisotopic (exact) mass is 283 g/mol. The third-order valence-corrected chi connectivity index (χ3v) is 3.91. The molecule has 0 spiro atoms. The minimum Gasteiger partial charge on any atom is -0.356 e. The fourth-order valence-corrected chi connectivity index (χ4v) is 2.78. The van der Waals surface area contributed by atoms with Crippen LogP contribution in [0.25, 0.3) is 11.0 Å². The van der Waals surface area contributed by atoms with Gasteiger partial charge in [-0.1, -0.05) is 24.3 Å². The molecule has 1 aliphatic carbocycles. The van der Waals surface area contributed by atoms with E-state index in [1.165, 1.54) is 0 Å². The highest BCUT2D eigenvalue weighted by Crippen LogP contribution is 2.19. The SMILES string of the molecule is O=C(CC1C=CCC1)NCCCc1nc2ccccc2[nH]1. The number of carbonyl (C=O) groups is 1. The van der Waals surface area contributed by atoms with Crippen molar-refractivity contribution >= 4 is 16.9 Å². The average Bonchev–Trinajstić information content (AvgIpc) is 3.12. The van der Waals surface area contributed by atoms with Gasteiger partial charge in [0.15, 0.2) is 0 Å². The number of nitrogens with zero attached hydrogens (tertiary/aromatic N) is 1. The molecule has 2 aromatic rings. The molecule has 1 amide bonds. The maximum absolute atomic E-state index is 11.8. The largest absolute Gasteiger partial charge is 0.356 e. The molecule has 1 aromatic heterocycles. The predicted octanol–water partition coefficient (Wildman–Crippen LogP) is 2.97. The third-order valence-electron chi connectivity index (χ3n) is 3.91. The number of carbonyl (C=O) groups excluding carboxylic acids is 1. The van der Waals surface area contributed by atoms with E-state index in [-0.39, 0.29) is 5.91 Å². The number of allylic oxidation sites excluding steroid dienone is 2. The molecule has 4 nitrogen and oxygen atoms in total. The highest BCUT2D eigenvalue weighted by molar-refractivity contribution is 5.76. The Morgan fingerprint density at radius 3 is 3.10 bits per heavy atom. The van der Waals surface area contributed by atoms with Crippen LogP contribution >= 0.6 is 0 Å². The summed E-state index contributed by atoms with van der Waals surface area (Å²) in [5, 5.41) is 3.00.